The van der Waals surface area contributed by atoms with Crippen LogP contribution in [0.1, 0.15) is 52.4 Å². The van der Waals surface area contributed by atoms with Crippen LogP contribution >= 0.6 is 0 Å². The molecular formula is C20H26O2. The van der Waals surface area contributed by atoms with E-state index in [1.807, 2.05) is 6.08 Å². The van der Waals surface area contributed by atoms with Crippen molar-refractivity contribution in [3.8, 4) is 0 Å². The van der Waals surface area contributed by atoms with E-state index in [9.17, 15) is 9.90 Å². The summed E-state index contributed by atoms with van der Waals surface area (Å²) in [6, 6.07) is 0. The quantitative estimate of drug-likeness (QED) is 0.710. The molecule has 5 atom stereocenters. The van der Waals surface area contributed by atoms with Crippen LogP contribution in [-0.2, 0) is 4.79 Å². The minimum Gasteiger partial charge on any atom is -0.478 e. The molecule has 0 saturated heterocycles. The molecule has 0 spiro atoms. The lowest BCUT2D eigenvalue weighted by Gasteiger charge is -2.53. The summed E-state index contributed by atoms with van der Waals surface area (Å²) >= 11 is 0. The van der Waals surface area contributed by atoms with Gasteiger partial charge in [-0.1, -0.05) is 38.5 Å². The summed E-state index contributed by atoms with van der Waals surface area (Å²) in [6.07, 6.45) is 16.2. The van der Waals surface area contributed by atoms with Gasteiger partial charge in [0.1, 0.15) is 0 Å². The first-order chi connectivity index (χ1) is 10.4. The average Bonchev–Trinajstić information content (AvgIpc) is 2.88. The van der Waals surface area contributed by atoms with Crippen LogP contribution in [0.5, 0.6) is 0 Å². The van der Waals surface area contributed by atoms with Crippen LogP contribution in [0.3, 0.4) is 0 Å². The Kier molecular flexibility index (Phi) is 2.99. The number of hydrogen-bond acceptors (Lipinski definition) is 1. The number of hydrogen-bond donors (Lipinski definition) is 1. The molecule has 118 valence electrons. The Morgan fingerprint density at radius 3 is 2.91 bits per heavy atom. The van der Waals surface area contributed by atoms with Crippen molar-refractivity contribution in [1.29, 1.82) is 0 Å². The van der Waals surface area contributed by atoms with E-state index >= 15 is 0 Å². The van der Waals surface area contributed by atoms with Crippen LogP contribution in [-0.4, -0.2) is 11.1 Å². The molecule has 1 N–H and O–H groups in total. The number of carbonyl (C=O) groups is 1. The van der Waals surface area contributed by atoms with Crippen LogP contribution in [0.2, 0.25) is 0 Å². The predicted octanol–water partition coefficient (Wildman–Crippen LogP) is 4.74. The molecule has 0 amide bonds. The molecule has 0 radical (unpaired) electrons. The molecule has 4 aliphatic rings. The standard InChI is InChI=1S/C20H26O2/c1-19-9-3-4-16(19)15-6-5-14-12-13(18(21)22)7-11-20(14,2)17(15)8-10-19/h5,8,10,12,15-17H,3-4,6-7,9,11H2,1-2H3,(H,21,22)/t15-,16-,17-,19-,20-/m0/s1. The van der Waals surface area contributed by atoms with E-state index in [1.54, 1.807) is 0 Å². The number of rotatable bonds is 1. The lowest BCUT2D eigenvalue weighted by atomic mass is 9.51. The summed E-state index contributed by atoms with van der Waals surface area (Å²) in [6.45, 7) is 4.81. The topological polar surface area (TPSA) is 37.3 Å². The number of fused-ring (bicyclic) bond motifs is 5. The monoisotopic (exact) mass is 298 g/mol. The van der Waals surface area contributed by atoms with Crippen molar-refractivity contribution >= 4 is 5.97 Å². The van der Waals surface area contributed by atoms with Gasteiger partial charge in [0, 0.05) is 5.57 Å². The lowest BCUT2D eigenvalue weighted by molar-refractivity contribution is -0.133. The molecule has 2 nitrogen and oxygen atoms in total. The minimum atomic E-state index is -0.743. The van der Waals surface area contributed by atoms with Crippen LogP contribution < -0.4 is 0 Å². The molecule has 2 heteroatoms. The highest BCUT2D eigenvalue weighted by Gasteiger charge is 2.53. The normalized spacial score (nSPS) is 46.2. The molecule has 4 aliphatic carbocycles. The van der Waals surface area contributed by atoms with Gasteiger partial charge < -0.3 is 5.11 Å². The highest BCUT2D eigenvalue weighted by Crippen LogP contribution is 2.61. The van der Waals surface area contributed by atoms with Crippen LogP contribution in [0.4, 0.5) is 0 Å². The summed E-state index contributed by atoms with van der Waals surface area (Å²) < 4.78 is 0. The molecular weight excluding hydrogens is 272 g/mol. The first kappa shape index (κ1) is 14.3. The Morgan fingerprint density at radius 1 is 1.32 bits per heavy atom. The fourth-order valence-electron chi connectivity index (χ4n) is 5.89. The van der Waals surface area contributed by atoms with E-state index in [4.69, 9.17) is 0 Å². The molecule has 0 aromatic carbocycles. The fourth-order valence-corrected chi connectivity index (χ4v) is 5.89. The maximum atomic E-state index is 11.3. The van der Waals surface area contributed by atoms with Crippen LogP contribution in [0, 0.1) is 28.6 Å². The highest BCUT2D eigenvalue weighted by molar-refractivity contribution is 5.87. The van der Waals surface area contributed by atoms with Gasteiger partial charge in [0.2, 0.25) is 0 Å². The van der Waals surface area contributed by atoms with Gasteiger partial charge >= 0.3 is 5.97 Å². The van der Waals surface area contributed by atoms with E-state index in [-0.39, 0.29) is 5.41 Å². The number of carboxylic acid groups (broad SMARTS) is 1. The van der Waals surface area contributed by atoms with Gasteiger partial charge in [-0.3, -0.25) is 0 Å². The second-order valence-electron chi connectivity index (χ2n) is 8.34. The van der Waals surface area contributed by atoms with Crippen molar-refractivity contribution in [2.45, 2.75) is 52.4 Å². The smallest absolute Gasteiger partial charge is 0.331 e. The molecule has 0 aromatic heterocycles. The van der Waals surface area contributed by atoms with E-state index in [0.29, 0.717) is 23.3 Å². The van der Waals surface area contributed by atoms with Crippen molar-refractivity contribution in [2.24, 2.45) is 28.6 Å². The van der Waals surface area contributed by atoms with Gasteiger partial charge in [-0.25, -0.2) is 4.79 Å². The molecule has 0 aliphatic heterocycles. The molecule has 0 unspecified atom stereocenters. The zero-order chi connectivity index (χ0) is 15.5. The summed E-state index contributed by atoms with van der Waals surface area (Å²) in [4.78, 5) is 11.3. The Balaban J connectivity index is 1.74. The van der Waals surface area contributed by atoms with Gasteiger partial charge in [0.15, 0.2) is 0 Å². The third-order valence-corrected chi connectivity index (χ3v) is 7.26. The maximum Gasteiger partial charge on any atom is 0.331 e. The van der Waals surface area contributed by atoms with E-state index in [2.05, 4.69) is 32.1 Å². The van der Waals surface area contributed by atoms with Crippen LogP contribution in [0.25, 0.3) is 0 Å². The number of allylic oxidation sites excluding steroid dienone is 5. The minimum absolute atomic E-state index is 0.141. The van der Waals surface area contributed by atoms with Crippen LogP contribution in [0.15, 0.2) is 35.5 Å². The van der Waals surface area contributed by atoms with Crippen molar-refractivity contribution in [3.05, 3.63) is 35.5 Å². The molecule has 22 heavy (non-hydrogen) atoms. The lowest BCUT2D eigenvalue weighted by Crippen LogP contribution is -2.45. The second-order valence-corrected chi connectivity index (χ2v) is 8.34. The third-order valence-electron chi connectivity index (χ3n) is 7.26. The fraction of sp³-hybridized carbons (Fsp3) is 0.650. The predicted molar refractivity (Wildman–Crippen MR) is 87.3 cm³/mol. The van der Waals surface area contributed by atoms with E-state index < -0.39 is 5.97 Å². The SMILES string of the molecule is C[C@]12CCC(C(=O)O)=CC1=CC[C@@H]1[C@@H]2C=C[C@]2(C)CCC[C@@H]12. The number of aliphatic carboxylic acids is 1. The molecule has 1 saturated carbocycles. The average molecular weight is 298 g/mol. The summed E-state index contributed by atoms with van der Waals surface area (Å²) in [5, 5.41) is 9.29. The van der Waals surface area contributed by atoms with E-state index in [0.717, 1.165) is 24.7 Å². The summed E-state index contributed by atoms with van der Waals surface area (Å²) in [5.74, 6) is 1.43. The van der Waals surface area contributed by atoms with Crippen molar-refractivity contribution in [3.63, 3.8) is 0 Å². The zero-order valence-electron chi connectivity index (χ0n) is 13.6. The largest absolute Gasteiger partial charge is 0.478 e. The Morgan fingerprint density at radius 2 is 2.14 bits per heavy atom. The van der Waals surface area contributed by atoms with Crippen molar-refractivity contribution in [1.82, 2.24) is 0 Å². The number of carboxylic acids is 1. The summed E-state index contributed by atoms with van der Waals surface area (Å²) in [7, 11) is 0. The van der Waals surface area contributed by atoms with Crippen molar-refractivity contribution in [2.75, 3.05) is 0 Å². The Hall–Kier alpha value is -1.31. The van der Waals surface area contributed by atoms with Gasteiger partial charge in [-0.05, 0) is 72.3 Å². The van der Waals surface area contributed by atoms with Gasteiger partial charge in [0.05, 0.1) is 0 Å². The molecule has 0 bridgehead atoms. The molecule has 4 rings (SSSR count). The first-order valence-electron chi connectivity index (χ1n) is 8.78. The first-order valence-corrected chi connectivity index (χ1v) is 8.78. The Labute approximate surface area is 133 Å². The molecule has 1 fully saturated rings. The Bertz CT molecular complexity index is 611. The molecule has 0 aromatic rings. The summed E-state index contributed by atoms with van der Waals surface area (Å²) in [5.41, 5.74) is 2.43. The molecule has 0 heterocycles. The highest BCUT2D eigenvalue weighted by atomic mass is 16.4. The van der Waals surface area contributed by atoms with Gasteiger partial charge in [0.25, 0.3) is 0 Å². The van der Waals surface area contributed by atoms with Gasteiger partial charge in [-0.15, -0.1) is 0 Å². The third kappa shape index (κ3) is 1.82. The zero-order valence-corrected chi connectivity index (χ0v) is 13.6. The maximum absolute atomic E-state index is 11.3. The van der Waals surface area contributed by atoms with E-state index in [1.165, 1.54) is 24.8 Å². The van der Waals surface area contributed by atoms with Crippen molar-refractivity contribution < 1.29 is 9.90 Å². The van der Waals surface area contributed by atoms with Gasteiger partial charge in [-0.2, -0.15) is 0 Å². The second kappa shape index (κ2) is 4.59.